The first-order chi connectivity index (χ1) is 12.1. The number of aromatic nitrogens is 3. The third-order valence-corrected chi connectivity index (χ3v) is 4.53. The van der Waals surface area contributed by atoms with Crippen molar-refractivity contribution in [3.05, 3.63) is 46.5 Å². The molecular weight excluding hydrogens is 365 g/mol. The predicted molar refractivity (Wildman–Crippen MR) is 94.7 cm³/mol. The second-order valence-corrected chi connectivity index (χ2v) is 6.79. The van der Waals surface area contributed by atoms with Crippen molar-refractivity contribution in [2.75, 3.05) is 19.8 Å². The van der Waals surface area contributed by atoms with E-state index in [0.29, 0.717) is 42.0 Å². The molecule has 6 nitrogen and oxygen atoms in total. The van der Waals surface area contributed by atoms with Crippen molar-refractivity contribution >= 4 is 23.2 Å². The van der Waals surface area contributed by atoms with Gasteiger partial charge in [-0.1, -0.05) is 42.6 Å². The molecule has 1 aliphatic rings. The molecule has 0 bridgehead atoms. The maximum absolute atomic E-state index is 6.41. The first kappa shape index (κ1) is 18.6. The summed E-state index contributed by atoms with van der Waals surface area (Å²) in [6.07, 6.45) is 5.03. The van der Waals surface area contributed by atoms with Crippen molar-refractivity contribution < 1.29 is 14.2 Å². The summed E-state index contributed by atoms with van der Waals surface area (Å²) < 4.78 is 19.7. The fraction of sp³-hybridized carbons (Fsp3) is 0.529. The van der Waals surface area contributed by atoms with Crippen molar-refractivity contribution in [3.8, 4) is 0 Å². The minimum atomic E-state index is -1.05. The van der Waals surface area contributed by atoms with E-state index in [1.165, 1.54) is 6.33 Å². The van der Waals surface area contributed by atoms with Gasteiger partial charge in [-0.3, -0.25) is 0 Å². The second-order valence-electron chi connectivity index (χ2n) is 5.95. The van der Waals surface area contributed by atoms with Crippen LogP contribution in [0.2, 0.25) is 10.0 Å². The standard InChI is InChI=1S/C17H21Cl2N3O3/c1-2-3-6-23-8-14-9-24-17(25-14,10-22-12-20-11-21-22)15-5-4-13(18)7-16(15)19/h4-5,7,11-12,14H,2-3,6,8-10H2,1H3/t14-,17-/m1/s1. The Bertz CT molecular complexity index is 684. The number of nitrogens with zero attached hydrogens (tertiary/aromatic N) is 3. The van der Waals surface area contributed by atoms with Gasteiger partial charge < -0.3 is 14.2 Å². The molecule has 1 fully saturated rings. The second kappa shape index (κ2) is 8.47. The van der Waals surface area contributed by atoms with E-state index in [9.17, 15) is 0 Å². The molecule has 3 rings (SSSR count). The maximum atomic E-state index is 6.41. The Balaban J connectivity index is 1.79. The van der Waals surface area contributed by atoms with Crippen molar-refractivity contribution in [3.63, 3.8) is 0 Å². The molecule has 1 saturated heterocycles. The van der Waals surface area contributed by atoms with Crippen LogP contribution in [0.15, 0.2) is 30.9 Å². The molecule has 136 valence electrons. The lowest BCUT2D eigenvalue weighted by molar-refractivity contribution is -0.193. The van der Waals surface area contributed by atoms with Gasteiger partial charge in [0.25, 0.3) is 0 Å². The van der Waals surface area contributed by atoms with Gasteiger partial charge in [-0.05, 0) is 18.6 Å². The average molecular weight is 386 g/mol. The summed E-state index contributed by atoms with van der Waals surface area (Å²) in [7, 11) is 0. The van der Waals surface area contributed by atoms with Crippen LogP contribution in [0.25, 0.3) is 0 Å². The van der Waals surface area contributed by atoms with Crippen LogP contribution in [0.3, 0.4) is 0 Å². The maximum Gasteiger partial charge on any atom is 0.217 e. The van der Waals surface area contributed by atoms with Crippen LogP contribution in [-0.4, -0.2) is 40.7 Å². The van der Waals surface area contributed by atoms with E-state index < -0.39 is 5.79 Å². The summed E-state index contributed by atoms with van der Waals surface area (Å²) in [5.74, 6) is -1.05. The highest BCUT2D eigenvalue weighted by atomic mass is 35.5. The lowest BCUT2D eigenvalue weighted by atomic mass is 10.1. The van der Waals surface area contributed by atoms with Gasteiger partial charge in [0.2, 0.25) is 5.79 Å². The lowest BCUT2D eigenvalue weighted by Gasteiger charge is -2.29. The zero-order valence-electron chi connectivity index (χ0n) is 14.0. The van der Waals surface area contributed by atoms with E-state index in [4.69, 9.17) is 37.4 Å². The molecule has 2 heterocycles. The van der Waals surface area contributed by atoms with Crippen molar-refractivity contribution in [1.29, 1.82) is 0 Å². The van der Waals surface area contributed by atoms with E-state index in [1.54, 1.807) is 23.1 Å². The molecule has 0 saturated carbocycles. The predicted octanol–water partition coefficient (Wildman–Crippen LogP) is 3.67. The van der Waals surface area contributed by atoms with Gasteiger partial charge in [-0.15, -0.1) is 0 Å². The Hall–Kier alpha value is -1.18. The van der Waals surface area contributed by atoms with Crippen LogP contribution < -0.4 is 0 Å². The van der Waals surface area contributed by atoms with E-state index in [0.717, 1.165) is 12.8 Å². The van der Waals surface area contributed by atoms with Gasteiger partial charge in [0.1, 0.15) is 25.3 Å². The molecule has 0 spiro atoms. The zero-order chi connectivity index (χ0) is 17.7. The average Bonchev–Trinajstić information content (AvgIpc) is 3.22. The summed E-state index contributed by atoms with van der Waals surface area (Å²) in [5.41, 5.74) is 0.713. The van der Waals surface area contributed by atoms with Gasteiger partial charge in [-0.25, -0.2) is 9.67 Å². The smallest absolute Gasteiger partial charge is 0.217 e. The fourth-order valence-corrected chi connectivity index (χ4v) is 3.30. The summed E-state index contributed by atoms with van der Waals surface area (Å²) in [5, 5.41) is 5.20. The van der Waals surface area contributed by atoms with Crippen LogP contribution in [-0.2, 0) is 26.5 Å². The number of benzene rings is 1. The summed E-state index contributed by atoms with van der Waals surface area (Å²) in [6, 6.07) is 5.27. The van der Waals surface area contributed by atoms with Crippen molar-refractivity contribution in [2.24, 2.45) is 0 Å². The number of halogens is 2. The molecule has 0 amide bonds. The molecule has 8 heteroatoms. The number of ether oxygens (including phenoxy) is 3. The Labute approximate surface area is 157 Å². The van der Waals surface area contributed by atoms with E-state index in [1.807, 2.05) is 6.07 Å². The third-order valence-electron chi connectivity index (χ3n) is 3.98. The largest absolute Gasteiger partial charge is 0.379 e. The molecule has 25 heavy (non-hydrogen) atoms. The quantitative estimate of drug-likeness (QED) is 0.648. The number of hydrogen-bond donors (Lipinski definition) is 0. The molecule has 0 unspecified atom stereocenters. The molecule has 1 aromatic heterocycles. The van der Waals surface area contributed by atoms with Crippen LogP contribution in [0.5, 0.6) is 0 Å². The number of rotatable bonds is 8. The Morgan fingerprint density at radius 2 is 2.28 bits per heavy atom. The van der Waals surface area contributed by atoms with Crippen LogP contribution in [0.1, 0.15) is 25.3 Å². The topological polar surface area (TPSA) is 58.4 Å². The third kappa shape index (κ3) is 4.51. The van der Waals surface area contributed by atoms with Gasteiger partial charge in [0, 0.05) is 17.2 Å². The van der Waals surface area contributed by atoms with Crippen LogP contribution in [0, 0.1) is 0 Å². The van der Waals surface area contributed by atoms with Crippen molar-refractivity contribution in [2.45, 2.75) is 38.2 Å². The molecule has 0 radical (unpaired) electrons. The molecular formula is C17H21Cl2N3O3. The summed E-state index contributed by atoms with van der Waals surface area (Å²) in [4.78, 5) is 3.98. The van der Waals surface area contributed by atoms with E-state index in [2.05, 4.69) is 17.0 Å². The van der Waals surface area contributed by atoms with Gasteiger partial charge in [0.05, 0.1) is 18.2 Å². The zero-order valence-corrected chi connectivity index (χ0v) is 15.5. The molecule has 0 aliphatic carbocycles. The molecule has 1 aromatic carbocycles. The lowest BCUT2D eigenvalue weighted by Crippen LogP contribution is -2.35. The monoisotopic (exact) mass is 385 g/mol. The van der Waals surface area contributed by atoms with Crippen LogP contribution in [0.4, 0.5) is 0 Å². The van der Waals surface area contributed by atoms with E-state index >= 15 is 0 Å². The van der Waals surface area contributed by atoms with Gasteiger partial charge in [0.15, 0.2) is 0 Å². The first-order valence-electron chi connectivity index (χ1n) is 8.30. The van der Waals surface area contributed by atoms with Crippen molar-refractivity contribution in [1.82, 2.24) is 14.8 Å². The minimum Gasteiger partial charge on any atom is -0.379 e. The normalized spacial score (nSPS) is 23.2. The fourth-order valence-electron chi connectivity index (χ4n) is 2.74. The Kier molecular flexibility index (Phi) is 6.30. The highest BCUT2D eigenvalue weighted by molar-refractivity contribution is 6.35. The molecule has 2 aromatic rings. The summed E-state index contributed by atoms with van der Waals surface area (Å²) in [6.45, 7) is 4.07. The minimum absolute atomic E-state index is 0.174. The molecule has 2 atom stereocenters. The molecule has 1 aliphatic heterocycles. The highest BCUT2D eigenvalue weighted by Crippen LogP contribution is 2.40. The Morgan fingerprint density at radius 3 is 3.00 bits per heavy atom. The number of hydrogen-bond acceptors (Lipinski definition) is 5. The van der Waals surface area contributed by atoms with E-state index in [-0.39, 0.29) is 6.10 Å². The SMILES string of the molecule is CCCCOC[C@@H]1CO[C@@](Cn2cncn2)(c2ccc(Cl)cc2Cl)O1. The van der Waals surface area contributed by atoms with Gasteiger partial charge in [-0.2, -0.15) is 5.10 Å². The summed E-state index contributed by atoms with van der Waals surface area (Å²) >= 11 is 12.4. The highest BCUT2D eigenvalue weighted by Gasteiger charge is 2.45. The molecule has 0 N–H and O–H groups in total. The van der Waals surface area contributed by atoms with Crippen LogP contribution >= 0.6 is 23.2 Å². The van der Waals surface area contributed by atoms with Gasteiger partial charge >= 0.3 is 0 Å². The first-order valence-corrected chi connectivity index (χ1v) is 9.06. The Morgan fingerprint density at radius 1 is 1.40 bits per heavy atom. The number of unbranched alkanes of at least 4 members (excludes halogenated alkanes) is 1.